The van der Waals surface area contributed by atoms with Gasteiger partial charge in [0.1, 0.15) is 0 Å². The van der Waals surface area contributed by atoms with E-state index in [1.807, 2.05) is 13.0 Å². The highest BCUT2D eigenvalue weighted by molar-refractivity contribution is 9.09. The number of aryl methyl sites for hydroxylation is 2. The second kappa shape index (κ2) is 5.90. The molecule has 0 N–H and O–H groups in total. The van der Waals surface area contributed by atoms with Gasteiger partial charge in [-0.25, -0.2) is 0 Å². The molecule has 2 heteroatoms. The van der Waals surface area contributed by atoms with Gasteiger partial charge in [-0.1, -0.05) is 69.5 Å². The van der Waals surface area contributed by atoms with Crippen LogP contribution in [0.25, 0.3) is 0 Å². The molecule has 2 aromatic rings. The van der Waals surface area contributed by atoms with Crippen LogP contribution >= 0.6 is 27.5 Å². The van der Waals surface area contributed by atoms with Gasteiger partial charge < -0.3 is 0 Å². The van der Waals surface area contributed by atoms with Gasteiger partial charge in [0.05, 0.1) is 0 Å². The van der Waals surface area contributed by atoms with E-state index < -0.39 is 0 Å². The van der Waals surface area contributed by atoms with Gasteiger partial charge in [-0.05, 0) is 43.0 Å². The normalized spacial score (nSPS) is 12.4. The van der Waals surface area contributed by atoms with Crippen LogP contribution in [0.4, 0.5) is 0 Å². The molecule has 0 bridgehead atoms. The summed E-state index contributed by atoms with van der Waals surface area (Å²) in [5.74, 6) is 0. The first-order valence-corrected chi connectivity index (χ1v) is 7.31. The summed E-state index contributed by atoms with van der Waals surface area (Å²) in [5, 5.41) is 0.828. The summed E-state index contributed by atoms with van der Waals surface area (Å²) in [6.07, 6.45) is 0.987. The van der Waals surface area contributed by atoms with Crippen LogP contribution in [0, 0.1) is 13.8 Å². The molecule has 0 saturated heterocycles. The molecule has 0 fully saturated rings. The van der Waals surface area contributed by atoms with Crippen molar-refractivity contribution in [3.05, 3.63) is 69.7 Å². The van der Waals surface area contributed by atoms with Crippen molar-refractivity contribution in [1.29, 1.82) is 0 Å². The van der Waals surface area contributed by atoms with Crippen molar-refractivity contribution < 1.29 is 0 Å². The van der Waals surface area contributed by atoms with Crippen molar-refractivity contribution in [2.45, 2.75) is 25.1 Å². The fraction of sp³-hybridized carbons (Fsp3) is 0.250. The maximum absolute atomic E-state index is 6.05. The van der Waals surface area contributed by atoms with Crippen LogP contribution in [0.3, 0.4) is 0 Å². The topological polar surface area (TPSA) is 0 Å². The Morgan fingerprint density at radius 3 is 2.33 bits per heavy atom. The van der Waals surface area contributed by atoms with Crippen molar-refractivity contribution >= 4 is 27.5 Å². The lowest BCUT2D eigenvalue weighted by Crippen LogP contribution is -1.96. The van der Waals surface area contributed by atoms with Gasteiger partial charge >= 0.3 is 0 Å². The monoisotopic (exact) mass is 322 g/mol. The molecule has 1 unspecified atom stereocenters. The minimum Gasteiger partial charge on any atom is -0.0841 e. The molecule has 2 aromatic carbocycles. The zero-order chi connectivity index (χ0) is 13.1. The molecule has 0 saturated carbocycles. The number of hydrogen-bond donors (Lipinski definition) is 0. The summed E-state index contributed by atoms with van der Waals surface area (Å²) in [6.45, 7) is 4.15. The molecule has 0 radical (unpaired) electrons. The molecule has 1 atom stereocenters. The van der Waals surface area contributed by atoms with Gasteiger partial charge in [0.15, 0.2) is 0 Å². The SMILES string of the molecule is Cc1ccc(CC(Br)c2ccc(Cl)c(C)c2)cc1. The van der Waals surface area contributed by atoms with Gasteiger partial charge in [0.25, 0.3) is 0 Å². The van der Waals surface area contributed by atoms with Crippen LogP contribution in [0.5, 0.6) is 0 Å². The van der Waals surface area contributed by atoms with Crippen LogP contribution in [0.15, 0.2) is 42.5 Å². The minimum atomic E-state index is 0.330. The van der Waals surface area contributed by atoms with Crippen LogP contribution < -0.4 is 0 Å². The first kappa shape index (κ1) is 13.6. The Bertz CT molecular complexity index is 531. The predicted octanol–water partition coefficient (Wildman–Crippen LogP) is 5.64. The number of rotatable bonds is 3. The second-order valence-electron chi connectivity index (χ2n) is 4.67. The summed E-state index contributed by atoms with van der Waals surface area (Å²) in [7, 11) is 0. The van der Waals surface area contributed by atoms with E-state index in [9.17, 15) is 0 Å². The lowest BCUT2D eigenvalue weighted by Gasteiger charge is -2.12. The van der Waals surface area contributed by atoms with Crippen LogP contribution in [-0.4, -0.2) is 0 Å². The third kappa shape index (κ3) is 3.37. The first-order valence-electron chi connectivity index (χ1n) is 6.02. The Morgan fingerprint density at radius 2 is 1.72 bits per heavy atom. The molecule has 0 aliphatic carbocycles. The molecule has 0 heterocycles. The largest absolute Gasteiger partial charge is 0.0841 e. The number of benzene rings is 2. The Labute approximate surface area is 122 Å². The van der Waals surface area contributed by atoms with E-state index >= 15 is 0 Å². The maximum Gasteiger partial charge on any atom is 0.0435 e. The zero-order valence-corrected chi connectivity index (χ0v) is 12.9. The van der Waals surface area contributed by atoms with Crippen molar-refractivity contribution in [3.8, 4) is 0 Å². The van der Waals surface area contributed by atoms with Gasteiger partial charge in [0, 0.05) is 9.85 Å². The van der Waals surface area contributed by atoms with Gasteiger partial charge in [0.2, 0.25) is 0 Å². The van der Waals surface area contributed by atoms with E-state index in [1.165, 1.54) is 16.7 Å². The van der Waals surface area contributed by atoms with E-state index in [-0.39, 0.29) is 0 Å². The fourth-order valence-corrected chi connectivity index (χ4v) is 2.69. The highest BCUT2D eigenvalue weighted by Gasteiger charge is 2.09. The molecule has 0 aromatic heterocycles. The lowest BCUT2D eigenvalue weighted by atomic mass is 10.0. The second-order valence-corrected chi connectivity index (χ2v) is 6.18. The Kier molecular flexibility index (Phi) is 4.47. The highest BCUT2D eigenvalue weighted by atomic mass is 79.9. The fourth-order valence-electron chi connectivity index (χ4n) is 1.91. The van der Waals surface area contributed by atoms with E-state index in [0.717, 1.165) is 17.0 Å². The van der Waals surface area contributed by atoms with Gasteiger partial charge in [-0.15, -0.1) is 0 Å². The summed E-state index contributed by atoms with van der Waals surface area (Å²) >= 11 is 9.80. The third-order valence-electron chi connectivity index (χ3n) is 3.08. The molecule has 94 valence electrons. The van der Waals surface area contributed by atoms with Crippen LogP contribution in [0.1, 0.15) is 27.1 Å². The smallest absolute Gasteiger partial charge is 0.0435 e. The van der Waals surface area contributed by atoms with Crippen molar-refractivity contribution in [2.24, 2.45) is 0 Å². The molecule has 0 amide bonds. The van der Waals surface area contributed by atoms with E-state index in [1.54, 1.807) is 0 Å². The molecule has 0 aliphatic heterocycles. The number of halogens is 2. The predicted molar refractivity (Wildman–Crippen MR) is 82.7 cm³/mol. The molecule has 0 spiro atoms. The van der Waals surface area contributed by atoms with E-state index in [4.69, 9.17) is 11.6 Å². The average molecular weight is 324 g/mol. The van der Waals surface area contributed by atoms with Gasteiger partial charge in [-0.3, -0.25) is 0 Å². The third-order valence-corrected chi connectivity index (χ3v) is 4.36. The molecule has 18 heavy (non-hydrogen) atoms. The summed E-state index contributed by atoms with van der Waals surface area (Å²) in [4.78, 5) is 0.330. The Morgan fingerprint density at radius 1 is 1.06 bits per heavy atom. The first-order chi connectivity index (χ1) is 8.56. The number of alkyl halides is 1. The number of hydrogen-bond acceptors (Lipinski definition) is 0. The zero-order valence-electron chi connectivity index (χ0n) is 10.6. The molecular weight excluding hydrogens is 308 g/mol. The van der Waals surface area contributed by atoms with E-state index in [0.29, 0.717) is 4.83 Å². The molecule has 2 rings (SSSR count). The summed E-state index contributed by atoms with van der Waals surface area (Å²) in [6, 6.07) is 14.9. The molecule has 0 nitrogen and oxygen atoms in total. The standard InChI is InChI=1S/C16H16BrCl/c1-11-3-5-13(6-4-11)10-15(17)14-7-8-16(18)12(2)9-14/h3-9,15H,10H2,1-2H3. The Balaban J connectivity index is 2.13. The maximum atomic E-state index is 6.05. The van der Waals surface area contributed by atoms with Crippen molar-refractivity contribution in [1.82, 2.24) is 0 Å². The molecule has 0 aliphatic rings. The lowest BCUT2D eigenvalue weighted by molar-refractivity contribution is 0.946. The minimum absolute atomic E-state index is 0.330. The van der Waals surface area contributed by atoms with Crippen LogP contribution in [-0.2, 0) is 6.42 Å². The van der Waals surface area contributed by atoms with Gasteiger partial charge in [-0.2, -0.15) is 0 Å². The summed E-state index contributed by atoms with van der Waals surface area (Å²) in [5.41, 5.74) is 5.04. The van der Waals surface area contributed by atoms with Crippen LogP contribution in [0.2, 0.25) is 5.02 Å². The quantitative estimate of drug-likeness (QED) is 0.642. The highest BCUT2D eigenvalue weighted by Crippen LogP contribution is 2.29. The van der Waals surface area contributed by atoms with Crippen molar-refractivity contribution in [3.63, 3.8) is 0 Å². The average Bonchev–Trinajstić information content (AvgIpc) is 2.35. The van der Waals surface area contributed by atoms with E-state index in [2.05, 4.69) is 59.3 Å². The Hall–Kier alpha value is -0.790. The molecular formula is C16H16BrCl. The van der Waals surface area contributed by atoms with Crippen molar-refractivity contribution in [2.75, 3.05) is 0 Å². The summed E-state index contributed by atoms with van der Waals surface area (Å²) < 4.78 is 0.